The van der Waals surface area contributed by atoms with E-state index in [1.165, 1.54) is 4.90 Å². The highest BCUT2D eigenvalue weighted by Gasteiger charge is 2.93. The van der Waals surface area contributed by atoms with Crippen molar-refractivity contribution in [2.24, 2.45) is 22.2 Å². The number of rotatable bonds is 5. The van der Waals surface area contributed by atoms with E-state index in [9.17, 15) is 29.1 Å². The van der Waals surface area contributed by atoms with Crippen LogP contribution in [-0.4, -0.2) is 102 Å². The molecule has 6 aliphatic rings. The van der Waals surface area contributed by atoms with E-state index in [1.807, 2.05) is 0 Å². The van der Waals surface area contributed by atoms with E-state index in [0.29, 0.717) is 56.2 Å². The van der Waals surface area contributed by atoms with Gasteiger partial charge < -0.3 is 38.6 Å². The molecule has 2 aromatic rings. The van der Waals surface area contributed by atoms with E-state index in [0.717, 1.165) is 0 Å². The van der Waals surface area contributed by atoms with Crippen LogP contribution in [-0.2, 0) is 28.6 Å². The molecule has 0 bridgehead atoms. The van der Waals surface area contributed by atoms with Gasteiger partial charge in [-0.1, -0.05) is 39.0 Å². The topological polar surface area (TPSA) is 158 Å². The molecule has 1 N–H and O–H groups in total. The van der Waals surface area contributed by atoms with Gasteiger partial charge in [0.05, 0.1) is 17.6 Å². The molecule has 0 radical (unpaired) electrons. The second-order valence-electron chi connectivity index (χ2n) is 15.3. The van der Waals surface area contributed by atoms with Crippen molar-refractivity contribution in [2.45, 2.75) is 70.5 Å². The summed E-state index contributed by atoms with van der Waals surface area (Å²) in [6.07, 6.45) is -3.50. The summed E-state index contributed by atoms with van der Waals surface area (Å²) in [5.41, 5.74) is -5.73. The predicted molar refractivity (Wildman–Crippen MR) is 172 cm³/mol. The molecule has 0 unspecified atom stereocenters. The molecule has 4 saturated heterocycles. The Balaban J connectivity index is 1.10. The molecule has 0 aromatic heterocycles. The quantitative estimate of drug-likeness (QED) is 0.364. The maximum atomic E-state index is 14.7. The van der Waals surface area contributed by atoms with Crippen molar-refractivity contribution in [3.8, 4) is 11.5 Å². The number of nitrogens with zero attached hydrogens (tertiary/aromatic N) is 2. The lowest BCUT2D eigenvalue weighted by atomic mass is 9.52. The molecule has 5 fully saturated rings. The number of carbonyl (C=O) groups is 5. The van der Waals surface area contributed by atoms with Crippen molar-refractivity contribution >= 4 is 29.7 Å². The van der Waals surface area contributed by atoms with Crippen LogP contribution in [0, 0.1) is 22.2 Å². The largest absolute Gasteiger partial charge is 0.486 e. The summed E-state index contributed by atoms with van der Waals surface area (Å²) in [5.74, 6) is -1.93. The van der Waals surface area contributed by atoms with Crippen LogP contribution in [0.3, 0.4) is 0 Å². The Kier molecular flexibility index (Phi) is 7.28. The monoisotopic (exact) mass is 688 g/mol. The van der Waals surface area contributed by atoms with Gasteiger partial charge in [0.1, 0.15) is 30.1 Å². The van der Waals surface area contributed by atoms with Gasteiger partial charge in [0, 0.05) is 31.6 Å². The number of hydrogen-bond donors (Lipinski definition) is 1. The molecular formula is C37H40N2O11. The first-order valence-electron chi connectivity index (χ1n) is 17.2. The number of benzene rings is 2. The van der Waals surface area contributed by atoms with E-state index in [-0.39, 0.29) is 30.4 Å². The Labute approximate surface area is 288 Å². The fraction of sp³-hybridized carbons (Fsp3) is 0.541. The van der Waals surface area contributed by atoms with Crippen LogP contribution < -0.4 is 9.47 Å². The molecule has 2 spiro atoms. The van der Waals surface area contributed by atoms with Gasteiger partial charge in [0.2, 0.25) is 0 Å². The molecule has 264 valence electrons. The third kappa shape index (κ3) is 4.31. The van der Waals surface area contributed by atoms with E-state index in [2.05, 4.69) is 0 Å². The summed E-state index contributed by atoms with van der Waals surface area (Å²) in [4.78, 5) is 72.0. The third-order valence-corrected chi connectivity index (χ3v) is 11.9. The number of ether oxygens (including phenoxy) is 5. The second-order valence-corrected chi connectivity index (χ2v) is 15.3. The van der Waals surface area contributed by atoms with Crippen LogP contribution in [0.1, 0.15) is 67.2 Å². The van der Waals surface area contributed by atoms with Gasteiger partial charge >= 0.3 is 17.9 Å². The molecule has 13 nitrogen and oxygen atoms in total. The van der Waals surface area contributed by atoms with Crippen molar-refractivity contribution in [1.29, 1.82) is 0 Å². The number of hydrogen-bond acceptors (Lipinski definition) is 11. The van der Waals surface area contributed by atoms with Crippen LogP contribution in [0.4, 0.5) is 0 Å². The Hall–Kier alpha value is -4.65. The molecule has 1 saturated carbocycles. The first kappa shape index (κ1) is 32.5. The summed E-state index contributed by atoms with van der Waals surface area (Å²) in [6, 6.07) is 13.3. The van der Waals surface area contributed by atoms with Crippen molar-refractivity contribution in [2.75, 3.05) is 32.8 Å². The Morgan fingerprint density at radius 3 is 2.34 bits per heavy atom. The minimum atomic E-state index is -1.84. The second kappa shape index (κ2) is 11.2. The number of carbonyl (C=O) groups excluding carboxylic acids is 5. The molecule has 13 heteroatoms. The minimum absolute atomic E-state index is 0.111. The lowest BCUT2D eigenvalue weighted by molar-refractivity contribution is -0.212. The maximum absolute atomic E-state index is 14.7. The first-order chi connectivity index (χ1) is 23.8. The summed E-state index contributed by atoms with van der Waals surface area (Å²) >= 11 is 0. The van der Waals surface area contributed by atoms with Gasteiger partial charge in [0.15, 0.2) is 23.8 Å². The lowest BCUT2D eigenvalue weighted by Gasteiger charge is -2.51. The molecular weight excluding hydrogens is 648 g/mol. The molecule has 2 amide bonds. The van der Waals surface area contributed by atoms with Crippen LogP contribution in [0.15, 0.2) is 48.5 Å². The number of likely N-dealkylation sites (tertiary alicyclic amines) is 2. The lowest BCUT2D eigenvalue weighted by Crippen LogP contribution is -2.66. The van der Waals surface area contributed by atoms with Crippen molar-refractivity contribution in [3.05, 3.63) is 59.7 Å². The van der Waals surface area contributed by atoms with E-state index >= 15 is 0 Å². The van der Waals surface area contributed by atoms with Gasteiger partial charge in [-0.25, -0.2) is 4.79 Å². The molecule has 2 aromatic carbocycles. The molecule has 8 rings (SSSR count). The van der Waals surface area contributed by atoms with Crippen LogP contribution in [0.25, 0.3) is 0 Å². The van der Waals surface area contributed by atoms with Gasteiger partial charge in [-0.05, 0) is 54.5 Å². The van der Waals surface area contributed by atoms with Crippen molar-refractivity contribution in [1.82, 2.24) is 9.80 Å². The molecule has 5 heterocycles. The third-order valence-electron chi connectivity index (χ3n) is 11.9. The molecule has 6 atom stereocenters. The highest BCUT2D eigenvalue weighted by atomic mass is 16.6. The fourth-order valence-corrected chi connectivity index (χ4v) is 9.49. The molecule has 5 aliphatic heterocycles. The predicted octanol–water partition coefficient (Wildman–Crippen LogP) is 2.73. The maximum Gasteiger partial charge on any atom is 0.338 e. The minimum Gasteiger partial charge on any atom is -0.486 e. The highest BCUT2D eigenvalue weighted by molar-refractivity contribution is 5.99. The first-order valence-corrected chi connectivity index (χ1v) is 17.2. The zero-order valence-corrected chi connectivity index (χ0v) is 28.2. The summed E-state index contributed by atoms with van der Waals surface area (Å²) in [7, 11) is 0. The zero-order chi connectivity index (χ0) is 35.2. The Morgan fingerprint density at radius 2 is 1.64 bits per heavy atom. The van der Waals surface area contributed by atoms with Gasteiger partial charge in [-0.3, -0.25) is 19.2 Å². The normalized spacial score (nSPS) is 33.0. The summed E-state index contributed by atoms with van der Waals surface area (Å²) in [5, 5.41) is 12.9. The number of piperidine rings is 1. The number of fused-ring (bicyclic) bond motifs is 1. The van der Waals surface area contributed by atoms with Crippen molar-refractivity contribution < 1.29 is 52.8 Å². The Bertz CT molecular complexity index is 1780. The van der Waals surface area contributed by atoms with Gasteiger partial charge in [-0.2, -0.15) is 0 Å². The van der Waals surface area contributed by atoms with Crippen LogP contribution in [0.2, 0.25) is 0 Å². The smallest absolute Gasteiger partial charge is 0.338 e. The Morgan fingerprint density at radius 1 is 0.940 bits per heavy atom. The summed E-state index contributed by atoms with van der Waals surface area (Å²) in [6.45, 7) is 7.19. The fourth-order valence-electron chi connectivity index (χ4n) is 9.49. The van der Waals surface area contributed by atoms with Gasteiger partial charge in [-0.15, -0.1) is 0 Å². The zero-order valence-electron chi connectivity index (χ0n) is 28.2. The van der Waals surface area contributed by atoms with E-state index < -0.39 is 70.5 Å². The van der Waals surface area contributed by atoms with Crippen LogP contribution in [0.5, 0.6) is 11.5 Å². The standard InChI is InChI=1S/C37H40N2O11/c1-34(2,3)36(45)18-26-35(19-27(40)48-26)33(44)50-32-37(35,36)28(49-31(43)22-7-5-4-6-8-22)30(42)39(32)20-21-11-13-38(14-12-21)29(41)23-9-10-24-25(17-23)47-16-15-46-24/h4-10,17,21,26,28,32,45H,11-16,18-20H2,1-3H3/t26-,28-,32-,35-,36+,37+/m0/s1. The summed E-state index contributed by atoms with van der Waals surface area (Å²) < 4.78 is 29.1. The SMILES string of the molecule is CC(C)(C)[C@]1(O)C[C@@H]2OC(=O)C[C@@]23C(=O)O[C@@H]2N(CC4CCN(C(=O)c5ccc6c(c5)OCCO6)CC4)C(=O)[C@H](OC(=O)c4ccccc4)[C@]213. The van der Waals surface area contributed by atoms with Crippen LogP contribution >= 0.6 is 0 Å². The van der Waals surface area contributed by atoms with Crippen molar-refractivity contribution in [3.63, 3.8) is 0 Å². The highest BCUT2D eigenvalue weighted by Crippen LogP contribution is 2.76. The average Bonchev–Trinajstić information content (AvgIpc) is 3.72. The van der Waals surface area contributed by atoms with E-state index in [4.69, 9.17) is 23.7 Å². The molecule has 50 heavy (non-hydrogen) atoms. The molecule has 1 aliphatic carbocycles. The van der Waals surface area contributed by atoms with Gasteiger partial charge in [0.25, 0.3) is 11.8 Å². The average molecular weight is 689 g/mol. The number of esters is 3. The number of amides is 2. The van der Waals surface area contributed by atoms with E-state index in [1.54, 1.807) is 74.2 Å². The number of aliphatic hydroxyl groups is 1.